The van der Waals surface area contributed by atoms with Crippen LogP contribution < -0.4 is 4.90 Å². The van der Waals surface area contributed by atoms with Crippen LogP contribution in [-0.4, -0.2) is 32.7 Å². The molecule has 1 aliphatic heterocycles. The van der Waals surface area contributed by atoms with E-state index in [1.54, 1.807) is 6.07 Å². The number of anilines is 1. The molecule has 26 heavy (non-hydrogen) atoms. The summed E-state index contributed by atoms with van der Waals surface area (Å²) in [7, 11) is -3.56. The van der Waals surface area contributed by atoms with Crippen molar-refractivity contribution in [3.8, 4) is 0 Å². The first kappa shape index (κ1) is 18.4. The van der Waals surface area contributed by atoms with E-state index in [-0.39, 0.29) is 10.6 Å². The van der Waals surface area contributed by atoms with Crippen LogP contribution in [0.3, 0.4) is 0 Å². The average Bonchev–Trinajstić information content (AvgIpc) is 2.87. The van der Waals surface area contributed by atoms with E-state index in [4.69, 9.17) is 0 Å². The first-order chi connectivity index (χ1) is 12.4. The molecule has 0 N–H and O–H groups in total. The fourth-order valence-electron chi connectivity index (χ4n) is 3.57. The third-order valence-electron chi connectivity index (χ3n) is 4.89. The number of benzene rings is 2. The van der Waals surface area contributed by atoms with Gasteiger partial charge in [0.05, 0.1) is 15.5 Å². The van der Waals surface area contributed by atoms with Gasteiger partial charge in [-0.1, -0.05) is 30.3 Å². The van der Waals surface area contributed by atoms with E-state index in [9.17, 15) is 18.5 Å². The third-order valence-corrected chi connectivity index (χ3v) is 6.02. The van der Waals surface area contributed by atoms with Gasteiger partial charge in [-0.15, -0.1) is 0 Å². The highest BCUT2D eigenvalue weighted by Gasteiger charge is 2.25. The van der Waals surface area contributed by atoms with Gasteiger partial charge in [0.1, 0.15) is 0 Å². The molecular weight excluding hydrogens is 352 g/mol. The van der Waals surface area contributed by atoms with E-state index in [1.165, 1.54) is 17.7 Å². The Morgan fingerprint density at radius 3 is 2.46 bits per heavy atom. The molecule has 0 amide bonds. The van der Waals surface area contributed by atoms with Gasteiger partial charge in [-0.25, -0.2) is 8.42 Å². The summed E-state index contributed by atoms with van der Waals surface area (Å²) >= 11 is 0. The Labute approximate surface area is 153 Å². The summed E-state index contributed by atoms with van der Waals surface area (Å²) in [4.78, 5) is 12.5. The lowest BCUT2D eigenvalue weighted by molar-refractivity contribution is -0.385. The van der Waals surface area contributed by atoms with Crippen LogP contribution in [0.15, 0.2) is 53.4 Å². The molecule has 7 heteroatoms. The molecule has 0 aliphatic carbocycles. The second-order valence-corrected chi connectivity index (χ2v) is 8.69. The fourth-order valence-corrected chi connectivity index (χ4v) is 4.48. The van der Waals surface area contributed by atoms with Crippen molar-refractivity contribution in [2.24, 2.45) is 0 Å². The lowest BCUT2D eigenvalue weighted by Gasteiger charge is -2.25. The number of nitro benzene ring substituents is 1. The highest BCUT2D eigenvalue weighted by molar-refractivity contribution is 7.90. The first-order valence-electron chi connectivity index (χ1n) is 8.64. The number of rotatable bonds is 4. The van der Waals surface area contributed by atoms with Crippen molar-refractivity contribution in [1.82, 2.24) is 0 Å². The van der Waals surface area contributed by atoms with Crippen molar-refractivity contribution >= 4 is 21.2 Å². The first-order valence-corrected chi connectivity index (χ1v) is 10.5. The zero-order valence-corrected chi connectivity index (χ0v) is 15.5. The van der Waals surface area contributed by atoms with Gasteiger partial charge < -0.3 is 4.90 Å². The van der Waals surface area contributed by atoms with Crippen LogP contribution in [0.1, 0.15) is 30.7 Å². The summed E-state index contributed by atoms with van der Waals surface area (Å²) in [6.45, 7) is 1.46. The molecule has 0 spiro atoms. The van der Waals surface area contributed by atoms with Gasteiger partial charge in [-0.05, 0) is 36.8 Å². The van der Waals surface area contributed by atoms with Crippen LogP contribution in [0.4, 0.5) is 11.4 Å². The molecule has 138 valence electrons. The maximum Gasteiger partial charge on any atom is 0.270 e. The highest BCUT2D eigenvalue weighted by Crippen LogP contribution is 2.34. The summed E-state index contributed by atoms with van der Waals surface area (Å²) in [5.41, 5.74) is 1.67. The maximum atomic E-state index is 12.2. The molecule has 2 aromatic carbocycles. The third kappa shape index (κ3) is 4.04. The van der Waals surface area contributed by atoms with Gasteiger partial charge in [-0.3, -0.25) is 10.1 Å². The maximum absolute atomic E-state index is 12.2. The molecule has 0 saturated carbocycles. The molecule has 1 fully saturated rings. The minimum Gasteiger partial charge on any atom is -0.370 e. The molecule has 3 rings (SSSR count). The van der Waals surface area contributed by atoms with Crippen molar-refractivity contribution < 1.29 is 13.3 Å². The topological polar surface area (TPSA) is 80.5 Å². The van der Waals surface area contributed by atoms with Crippen LogP contribution in [0, 0.1) is 10.1 Å². The summed E-state index contributed by atoms with van der Waals surface area (Å²) in [6.07, 6.45) is 4.01. The fraction of sp³-hybridized carbons (Fsp3) is 0.368. The highest BCUT2D eigenvalue weighted by atomic mass is 32.2. The second kappa shape index (κ2) is 7.45. The monoisotopic (exact) mass is 374 g/mol. The van der Waals surface area contributed by atoms with Crippen LogP contribution >= 0.6 is 0 Å². The van der Waals surface area contributed by atoms with Crippen molar-refractivity contribution in [1.29, 1.82) is 0 Å². The number of nitrogens with zero attached hydrogens (tertiary/aromatic N) is 2. The molecule has 1 unspecified atom stereocenters. The zero-order valence-electron chi connectivity index (χ0n) is 14.7. The normalized spacial score (nSPS) is 18.3. The minimum absolute atomic E-state index is 0.0323. The minimum atomic E-state index is -3.56. The average molecular weight is 374 g/mol. The molecule has 0 radical (unpaired) electrons. The number of hydrogen-bond acceptors (Lipinski definition) is 5. The van der Waals surface area contributed by atoms with Crippen molar-refractivity contribution in [2.75, 3.05) is 24.2 Å². The van der Waals surface area contributed by atoms with Crippen molar-refractivity contribution in [2.45, 2.75) is 30.1 Å². The SMILES string of the molecule is CS(=O)(=O)c1cc([N+](=O)[O-])ccc1N1CCCC(c2ccccc2)CC1. The molecule has 1 atom stereocenters. The van der Waals surface area contributed by atoms with Crippen LogP contribution in [-0.2, 0) is 9.84 Å². The van der Waals surface area contributed by atoms with E-state index in [1.807, 2.05) is 23.1 Å². The molecule has 1 saturated heterocycles. The second-order valence-electron chi connectivity index (χ2n) is 6.71. The predicted molar refractivity (Wildman–Crippen MR) is 101 cm³/mol. The number of nitro groups is 1. The van der Waals surface area contributed by atoms with E-state index < -0.39 is 14.8 Å². The molecule has 0 bridgehead atoms. The van der Waals surface area contributed by atoms with E-state index in [0.29, 0.717) is 11.6 Å². The number of sulfone groups is 1. The standard InChI is InChI=1S/C19H22N2O4S/c1-26(24,25)19-14-17(21(22)23)9-10-18(19)20-12-5-8-16(11-13-20)15-6-3-2-4-7-15/h2-4,6-7,9-10,14,16H,5,8,11-13H2,1H3. The van der Waals surface area contributed by atoms with Crippen molar-refractivity contribution in [3.63, 3.8) is 0 Å². The van der Waals surface area contributed by atoms with E-state index in [2.05, 4.69) is 12.1 Å². The smallest absolute Gasteiger partial charge is 0.270 e. The lowest BCUT2D eigenvalue weighted by atomic mass is 9.92. The lowest BCUT2D eigenvalue weighted by Crippen LogP contribution is -2.26. The molecule has 1 aliphatic rings. The number of non-ortho nitro benzene ring substituents is 1. The zero-order chi connectivity index (χ0) is 18.7. The van der Waals surface area contributed by atoms with Gasteiger partial charge >= 0.3 is 0 Å². The largest absolute Gasteiger partial charge is 0.370 e. The number of hydrogen-bond donors (Lipinski definition) is 0. The molecule has 2 aromatic rings. The van der Waals surface area contributed by atoms with E-state index >= 15 is 0 Å². The Kier molecular flexibility index (Phi) is 5.27. The van der Waals surface area contributed by atoms with Crippen molar-refractivity contribution in [3.05, 3.63) is 64.2 Å². The Balaban J connectivity index is 1.88. The van der Waals surface area contributed by atoms with Crippen LogP contribution in [0.5, 0.6) is 0 Å². The molecule has 0 aromatic heterocycles. The summed E-state index contributed by atoms with van der Waals surface area (Å²) in [5.74, 6) is 0.445. The van der Waals surface area contributed by atoms with Gasteiger partial charge in [0.15, 0.2) is 9.84 Å². The summed E-state index contributed by atoms with van der Waals surface area (Å²) < 4.78 is 24.4. The Morgan fingerprint density at radius 2 is 1.81 bits per heavy atom. The predicted octanol–water partition coefficient (Wildman–Crippen LogP) is 3.77. The Hall–Kier alpha value is -2.41. The van der Waals surface area contributed by atoms with Crippen LogP contribution in [0.2, 0.25) is 0 Å². The van der Waals surface area contributed by atoms with Gasteiger partial charge in [0.2, 0.25) is 0 Å². The Morgan fingerprint density at radius 1 is 1.08 bits per heavy atom. The summed E-state index contributed by atoms with van der Waals surface area (Å²) in [5, 5.41) is 11.0. The molecular formula is C19H22N2O4S. The van der Waals surface area contributed by atoms with E-state index in [0.717, 1.165) is 38.6 Å². The summed E-state index contributed by atoms with van der Waals surface area (Å²) in [6, 6.07) is 14.5. The van der Waals surface area contributed by atoms with Gasteiger partial charge in [0, 0.05) is 31.5 Å². The van der Waals surface area contributed by atoms with Gasteiger partial charge in [0.25, 0.3) is 5.69 Å². The molecule has 6 nitrogen and oxygen atoms in total. The quantitative estimate of drug-likeness (QED) is 0.601. The Bertz CT molecular complexity index is 897. The van der Waals surface area contributed by atoms with Gasteiger partial charge in [-0.2, -0.15) is 0 Å². The van der Waals surface area contributed by atoms with Crippen LogP contribution in [0.25, 0.3) is 0 Å². The molecule has 1 heterocycles.